The third-order valence-electron chi connectivity index (χ3n) is 1.16. The van der Waals surface area contributed by atoms with Crippen LogP contribution >= 0.6 is 11.8 Å². The van der Waals surface area contributed by atoms with Gasteiger partial charge in [-0.2, -0.15) is 0 Å². The minimum absolute atomic E-state index is 0.299. The molecule has 0 aliphatic rings. The summed E-state index contributed by atoms with van der Waals surface area (Å²) in [6, 6.07) is 0. The van der Waals surface area contributed by atoms with Gasteiger partial charge in [0.2, 0.25) is 0 Å². The molecule has 62 valence electrons. The second kappa shape index (κ2) is 4.38. The molecular weight excluding hydrogens is 162 g/mol. The molecule has 0 saturated carbocycles. The summed E-state index contributed by atoms with van der Waals surface area (Å²) < 4.78 is 0. The van der Waals surface area contributed by atoms with Crippen molar-refractivity contribution in [2.24, 2.45) is 5.73 Å². The van der Waals surface area contributed by atoms with Crippen molar-refractivity contribution < 1.29 is 5.11 Å². The first kappa shape index (κ1) is 8.58. The van der Waals surface area contributed by atoms with Crippen molar-refractivity contribution in [3.05, 3.63) is 12.4 Å². The van der Waals surface area contributed by atoms with Gasteiger partial charge >= 0.3 is 0 Å². The van der Waals surface area contributed by atoms with Gasteiger partial charge in [0.15, 0.2) is 5.16 Å². The van der Waals surface area contributed by atoms with Crippen molar-refractivity contribution >= 4 is 11.8 Å². The molecule has 0 aromatic carbocycles. The van der Waals surface area contributed by atoms with E-state index in [4.69, 9.17) is 10.8 Å². The van der Waals surface area contributed by atoms with Crippen molar-refractivity contribution in [1.29, 1.82) is 0 Å². The van der Waals surface area contributed by atoms with Crippen LogP contribution in [0.2, 0.25) is 0 Å². The second-order valence-corrected chi connectivity index (χ2v) is 3.10. The number of hydrogen-bond acceptors (Lipinski definition) is 4. The maximum atomic E-state index is 9.07. The zero-order valence-corrected chi connectivity index (χ0v) is 6.84. The molecule has 0 spiro atoms. The standard InChI is InChI=1S/C6H11N3OS/c7-3-5(10)4-11-6-8-1-2-9-6/h1-2,5,10H,3-4,7H2,(H,8,9). The predicted octanol–water partition coefficient (Wildman–Crippen LogP) is -0.179. The van der Waals surface area contributed by atoms with Gasteiger partial charge in [-0.3, -0.25) is 0 Å². The summed E-state index contributed by atoms with van der Waals surface area (Å²) >= 11 is 1.46. The minimum atomic E-state index is -0.440. The zero-order valence-electron chi connectivity index (χ0n) is 6.03. The smallest absolute Gasteiger partial charge is 0.165 e. The molecule has 1 unspecified atom stereocenters. The summed E-state index contributed by atoms with van der Waals surface area (Å²) in [7, 11) is 0. The molecular formula is C6H11N3OS. The summed E-state index contributed by atoms with van der Waals surface area (Å²) in [5.74, 6) is 0.587. The summed E-state index contributed by atoms with van der Waals surface area (Å²) in [5.41, 5.74) is 5.22. The number of aromatic nitrogens is 2. The van der Waals surface area contributed by atoms with Crippen molar-refractivity contribution in [2.75, 3.05) is 12.3 Å². The Labute approximate surface area is 69.2 Å². The highest BCUT2D eigenvalue weighted by Crippen LogP contribution is 2.11. The molecule has 0 bridgehead atoms. The molecule has 0 aliphatic heterocycles. The Balaban J connectivity index is 2.23. The summed E-state index contributed by atoms with van der Waals surface area (Å²) in [6.07, 6.45) is 2.99. The van der Waals surface area contributed by atoms with Crippen molar-refractivity contribution in [3.63, 3.8) is 0 Å². The van der Waals surface area contributed by atoms with E-state index >= 15 is 0 Å². The molecule has 0 saturated heterocycles. The van der Waals surface area contributed by atoms with E-state index in [1.165, 1.54) is 11.8 Å². The number of aromatic amines is 1. The molecule has 0 aliphatic carbocycles. The largest absolute Gasteiger partial charge is 0.391 e. The fourth-order valence-electron chi connectivity index (χ4n) is 0.573. The topological polar surface area (TPSA) is 74.9 Å². The Bertz CT molecular complexity index is 190. The molecule has 11 heavy (non-hydrogen) atoms. The number of aliphatic hydroxyl groups is 1. The molecule has 4 N–H and O–H groups in total. The molecule has 4 nitrogen and oxygen atoms in total. The van der Waals surface area contributed by atoms with Gasteiger partial charge in [0.1, 0.15) is 0 Å². The molecule has 1 aromatic rings. The first-order chi connectivity index (χ1) is 5.33. The Morgan fingerprint density at radius 3 is 3.18 bits per heavy atom. The molecule has 5 heteroatoms. The third-order valence-corrected chi connectivity index (χ3v) is 2.21. The fraction of sp³-hybridized carbons (Fsp3) is 0.500. The number of nitrogens with two attached hydrogens (primary N) is 1. The number of hydrogen-bond donors (Lipinski definition) is 3. The third kappa shape index (κ3) is 2.92. The van der Waals surface area contributed by atoms with Gasteiger partial charge in [-0.05, 0) is 0 Å². The van der Waals surface area contributed by atoms with Gasteiger partial charge in [0, 0.05) is 24.7 Å². The summed E-state index contributed by atoms with van der Waals surface area (Å²) in [6.45, 7) is 0.299. The Morgan fingerprint density at radius 1 is 1.82 bits per heavy atom. The van der Waals surface area contributed by atoms with Crippen molar-refractivity contribution in [3.8, 4) is 0 Å². The molecule has 1 aromatic heterocycles. The van der Waals surface area contributed by atoms with Crippen LogP contribution in [0.4, 0.5) is 0 Å². The average molecular weight is 173 g/mol. The van der Waals surface area contributed by atoms with Crippen LogP contribution in [0.5, 0.6) is 0 Å². The van der Waals surface area contributed by atoms with Crippen molar-refractivity contribution in [1.82, 2.24) is 9.97 Å². The van der Waals surface area contributed by atoms with Gasteiger partial charge in [-0.1, -0.05) is 11.8 Å². The van der Waals surface area contributed by atoms with Gasteiger partial charge in [0.05, 0.1) is 6.10 Å². The monoisotopic (exact) mass is 173 g/mol. The van der Waals surface area contributed by atoms with E-state index in [0.29, 0.717) is 12.3 Å². The quantitative estimate of drug-likeness (QED) is 0.552. The molecule has 0 radical (unpaired) electrons. The number of thioether (sulfide) groups is 1. The van der Waals surface area contributed by atoms with Gasteiger partial charge in [-0.15, -0.1) is 0 Å². The second-order valence-electron chi connectivity index (χ2n) is 2.09. The molecule has 1 heterocycles. The van der Waals surface area contributed by atoms with E-state index in [-0.39, 0.29) is 0 Å². The Kier molecular flexibility index (Phi) is 3.41. The highest BCUT2D eigenvalue weighted by Gasteiger charge is 2.02. The summed E-state index contributed by atoms with van der Waals surface area (Å²) in [4.78, 5) is 6.89. The van der Waals surface area contributed by atoms with E-state index in [9.17, 15) is 0 Å². The maximum Gasteiger partial charge on any atom is 0.165 e. The molecule has 0 fully saturated rings. The SMILES string of the molecule is NCC(O)CSc1ncc[nH]1. The summed E-state index contributed by atoms with van der Waals surface area (Å²) in [5, 5.41) is 9.89. The van der Waals surface area contributed by atoms with Crippen molar-refractivity contribution in [2.45, 2.75) is 11.3 Å². The zero-order chi connectivity index (χ0) is 8.10. The first-order valence-corrected chi connectivity index (χ1v) is 4.32. The van der Waals surface area contributed by atoms with Gasteiger partial charge in [-0.25, -0.2) is 4.98 Å². The van der Waals surface area contributed by atoms with Crippen LogP contribution in [0.25, 0.3) is 0 Å². The Hall–Kier alpha value is -0.520. The van der Waals surface area contributed by atoms with Gasteiger partial charge < -0.3 is 15.8 Å². The van der Waals surface area contributed by atoms with E-state index in [0.717, 1.165) is 5.16 Å². The van der Waals surface area contributed by atoms with Crippen LogP contribution in [0.15, 0.2) is 17.6 Å². The Morgan fingerprint density at radius 2 is 2.64 bits per heavy atom. The molecule has 0 amide bonds. The lowest BCUT2D eigenvalue weighted by Gasteiger charge is -2.03. The molecule has 1 atom stereocenters. The number of nitrogens with zero attached hydrogens (tertiary/aromatic N) is 1. The highest BCUT2D eigenvalue weighted by atomic mass is 32.2. The number of aliphatic hydroxyl groups excluding tert-OH is 1. The van der Waals surface area contributed by atoms with Crippen LogP contribution in [-0.4, -0.2) is 33.5 Å². The fourth-order valence-corrected chi connectivity index (χ4v) is 1.35. The normalized spacial score (nSPS) is 13.3. The number of nitrogens with one attached hydrogen (secondary N) is 1. The van der Waals surface area contributed by atoms with Crippen LogP contribution in [0, 0.1) is 0 Å². The van der Waals surface area contributed by atoms with E-state index < -0.39 is 6.10 Å². The van der Waals surface area contributed by atoms with E-state index in [1.54, 1.807) is 12.4 Å². The predicted molar refractivity (Wildman–Crippen MR) is 44.4 cm³/mol. The number of rotatable bonds is 4. The van der Waals surface area contributed by atoms with Crippen LogP contribution in [0.1, 0.15) is 0 Å². The first-order valence-electron chi connectivity index (χ1n) is 3.33. The van der Waals surface area contributed by atoms with E-state index in [2.05, 4.69) is 9.97 Å². The highest BCUT2D eigenvalue weighted by molar-refractivity contribution is 7.99. The average Bonchev–Trinajstić information content (AvgIpc) is 2.52. The maximum absolute atomic E-state index is 9.07. The van der Waals surface area contributed by atoms with E-state index in [1.807, 2.05) is 0 Å². The lowest BCUT2D eigenvalue weighted by Crippen LogP contribution is -2.21. The van der Waals surface area contributed by atoms with Gasteiger partial charge in [0.25, 0.3) is 0 Å². The van der Waals surface area contributed by atoms with Crippen LogP contribution in [0.3, 0.4) is 0 Å². The lowest BCUT2D eigenvalue weighted by molar-refractivity contribution is 0.208. The number of imidazole rings is 1. The van der Waals surface area contributed by atoms with Crippen LogP contribution in [-0.2, 0) is 0 Å². The molecule has 1 rings (SSSR count). The lowest BCUT2D eigenvalue weighted by atomic mass is 10.4. The minimum Gasteiger partial charge on any atom is -0.391 e. The number of H-pyrrole nitrogens is 1. The van der Waals surface area contributed by atoms with Crippen LogP contribution < -0.4 is 5.73 Å².